The molecular weight excluding hydrogens is 979 g/mol. The minimum atomic E-state index is -1.64. The lowest BCUT2D eigenvalue weighted by Crippen LogP contribution is -2.61. The maximum absolute atomic E-state index is 13.4. The van der Waals surface area contributed by atoms with Gasteiger partial charge in [0.25, 0.3) is 0 Å². The average Bonchev–Trinajstić information content (AvgIpc) is 3.45. The van der Waals surface area contributed by atoms with Crippen molar-refractivity contribution in [1.29, 1.82) is 0 Å². The Morgan fingerprint density at radius 2 is 0.987 bits per heavy atom. The largest absolute Gasteiger partial charge is 0.454 e. The summed E-state index contributed by atoms with van der Waals surface area (Å²) in [4.78, 5) is 26.5. The summed E-state index contributed by atoms with van der Waals surface area (Å²) in [6, 6.07) is -1.06. The fourth-order valence-corrected chi connectivity index (χ4v) is 8.38. The van der Waals surface area contributed by atoms with Crippen molar-refractivity contribution >= 4 is 11.9 Å². The van der Waals surface area contributed by atoms with Gasteiger partial charge in [-0.15, -0.1) is 0 Å². The molecule has 78 heavy (non-hydrogen) atoms. The van der Waals surface area contributed by atoms with E-state index in [1.54, 1.807) is 6.08 Å². The van der Waals surface area contributed by atoms with Crippen LogP contribution in [0.3, 0.4) is 0 Å². The van der Waals surface area contributed by atoms with Gasteiger partial charge in [0.1, 0.15) is 24.4 Å². The number of hydrogen-bond donors (Lipinski definition) is 6. The van der Waals surface area contributed by atoms with Crippen LogP contribution in [0, 0.1) is 0 Å². The van der Waals surface area contributed by atoms with Crippen LogP contribution in [0.25, 0.3) is 0 Å². The number of rotatable bonds is 48. The van der Waals surface area contributed by atoms with Crippen LogP contribution in [0.1, 0.15) is 201 Å². The molecule has 0 spiro atoms. The summed E-state index contributed by atoms with van der Waals surface area (Å²) in [6.45, 7) is 5.46. The van der Waals surface area contributed by atoms with Gasteiger partial charge in [-0.3, -0.25) is 9.59 Å². The summed E-state index contributed by atoms with van der Waals surface area (Å²) < 4.78 is 17.6. The van der Waals surface area contributed by atoms with Gasteiger partial charge in [0.2, 0.25) is 5.91 Å². The van der Waals surface area contributed by atoms with Gasteiger partial charge in [0.15, 0.2) is 12.4 Å². The third-order valence-electron chi connectivity index (χ3n) is 13.1. The zero-order valence-corrected chi connectivity index (χ0v) is 48.5. The van der Waals surface area contributed by atoms with Crippen molar-refractivity contribution < 1.29 is 49.3 Å². The molecule has 0 aliphatic carbocycles. The SMILES string of the molecule is CC/C=C\C/C=C\C/C=C\C/C=C\C/C=C\C/C=C\CCCCCCC(=O)OC1C(OCC(NC(=O)C(O)CCCC/C=C/C=C\C=C/C=C/C=C/CC)C(O)/C=C/CCCCCCCCCCCC)OC(CO)C(O)C1O. The number of hydrogen-bond acceptors (Lipinski definition) is 10. The first-order valence-corrected chi connectivity index (χ1v) is 30.2. The molecule has 1 heterocycles. The summed E-state index contributed by atoms with van der Waals surface area (Å²) in [5, 5.41) is 56.8. The zero-order valence-electron chi connectivity index (χ0n) is 48.5. The highest BCUT2D eigenvalue weighted by Crippen LogP contribution is 2.26. The molecule has 0 saturated carbocycles. The van der Waals surface area contributed by atoms with Crippen LogP contribution in [0.5, 0.6) is 0 Å². The monoisotopic (exact) mass is 1090 g/mol. The van der Waals surface area contributed by atoms with Crippen molar-refractivity contribution in [2.45, 2.75) is 250 Å². The number of allylic oxidation sites excluding steroid dienone is 23. The smallest absolute Gasteiger partial charge is 0.306 e. The average molecular weight is 1090 g/mol. The Balaban J connectivity index is 2.72. The Kier molecular flexibility index (Phi) is 48.8. The van der Waals surface area contributed by atoms with E-state index in [-0.39, 0.29) is 19.4 Å². The summed E-state index contributed by atoms with van der Waals surface area (Å²) in [7, 11) is 0. The van der Waals surface area contributed by atoms with Crippen LogP contribution in [0.4, 0.5) is 0 Å². The first-order chi connectivity index (χ1) is 38.2. The lowest BCUT2D eigenvalue weighted by Gasteiger charge is -2.41. The molecular formula is C67H107NO10. The first kappa shape index (κ1) is 71.6. The van der Waals surface area contributed by atoms with E-state index in [9.17, 15) is 35.1 Å². The number of aliphatic hydroxyl groups is 5. The van der Waals surface area contributed by atoms with E-state index < -0.39 is 67.4 Å². The molecule has 1 saturated heterocycles. The molecule has 1 amide bonds. The van der Waals surface area contributed by atoms with Crippen LogP contribution in [-0.4, -0.2) is 99.6 Å². The van der Waals surface area contributed by atoms with Crippen LogP contribution in [0.2, 0.25) is 0 Å². The van der Waals surface area contributed by atoms with Crippen LogP contribution >= 0.6 is 0 Å². The second kappa shape index (κ2) is 53.2. The van der Waals surface area contributed by atoms with Gasteiger partial charge in [-0.05, 0) is 96.3 Å². The summed E-state index contributed by atoms with van der Waals surface area (Å²) in [5.41, 5.74) is 0. The van der Waals surface area contributed by atoms with Gasteiger partial charge in [0, 0.05) is 6.42 Å². The van der Waals surface area contributed by atoms with E-state index in [1.807, 2.05) is 60.8 Å². The van der Waals surface area contributed by atoms with E-state index in [1.165, 1.54) is 44.9 Å². The van der Waals surface area contributed by atoms with E-state index >= 15 is 0 Å². The van der Waals surface area contributed by atoms with Crippen LogP contribution in [-0.2, 0) is 23.8 Å². The number of ether oxygens (including phenoxy) is 3. The molecule has 11 heteroatoms. The molecule has 440 valence electrons. The molecule has 8 unspecified atom stereocenters. The molecule has 0 aromatic heterocycles. The lowest BCUT2D eigenvalue weighted by atomic mass is 9.99. The predicted molar refractivity (Wildman–Crippen MR) is 324 cm³/mol. The molecule has 0 aromatic rings. The standard InChI is InChI=1S/C67H107NO10/c1-4-7-10-13-16-19-22-25-27-28-29-30-31-32-33-34-35-37-40-43-46-49-52-55-62(72)78-65-64(74)63(73)61(56-69)77-67(65)76-57-58(59(70)53-50-47-44-41-38-24-21-18-15-12-9-6-3)68-66(75)60(71)54-51-48-45-42-39-36-26-23-20-17-14-11-8-5-2/h7-8,10-11,14,16-17,19-20,23,25-27,29-30,32-33,35-37,39,42,50,53,58-61,63-65,67,69-71,73-74H,4-6,9,12-13,15,18,21-22,24,28,31,34,38,40-41,43-49,51-52,54-57H2,1-3H3,(H,68,75)/b10-7-,11-8+,17-14+,19-16-,23-20-,27-25-,30-29-,33-32-,36-26-,37-35-,42-39+,53-50+. The Bertz CT molecular complexity index is 1820. The van der Waals surface area contributed by atoms with Crippen molar-refractivity contribution in [2.24, 2.45) is 0 Å². The normalized spacial score (nSPS) is 20.0. The third kappa shape index (κ3) is 40.7. The van der Waals surface area contributed by atoms with Crippen LogP contribution in [0.15, 0.2) is 146 Å². The summed E-state index contributed by atoms with van der Waals surface area (Å²) in [5.74, 6) is -1.28. The molecule has 1 aliphatic rings. The Labute approximate surface area is 473 Å². The van der Waals surface area contributed by atoms with Gasteiger partial charge in [-0.2, -0.15) is 0 Å². The van der Waals surface area contributed by atoms with Gasteiger partial charge in [-0.1, -0.05) is 244 Å². The van der Waals surface area contributed by atoms with E-state index in [0.717, 1.165) is 109 Å². The minimum absolute atomic E-state index is 0.0784. The highest BCUT2D eigenvalue weighted by molar-refractivity contribution is 5.80. The Morgan fingerprint density at radius 1 is 0.526 bits per heavy atom. The second-order valence-corrected chi connectivity index (χ2v) is 20.1. The minimum Gasteiger partial charge on any atom is -0.454 e. The molecule has 11 nitrogen and oxygen atoms in total. The molecule has 0 radical (unpaired) electrons. The fourth-order valence-electron chi connectivity index (χ4n) is 8.38. The number of esters is 1. The number of unbranched alkanes of at least 4 members (excludes halogenated alkanes) is 16. The van der Waals surface area contributed by atoms with Gasteiger partial charge in [-0.25, -0.2) is 0 Å². The Morgan fingerprint density at radius 3 is 1.54 bits per heavy atom. The molecule has 1 aliphatic heterocycles. The molecule has 1 fully saturated rings. The molecule has 8 atom stereocenters. The van der Waals surface area contributed by atoms with E-state index in [0.29, 0.717) is 12.8 Å². The molecule has 0 aromatic carbocycles. The number of carbonyl (C=O) groups is 2. The molecule has 6 N–H and O–H groups in total. The highest BCUT2D eigenvalue weighted by atomic mass is 16.7. The maximum Gasteiger partial charge on any atom is 0.306 e. The van der Waals surface area contributed by atoms with Gasteiger partial charge >= 0.3 is 5.97 Å². The molecule has 0 bridgehead atoms. The first-order valence-electron chi connectivity index (χ1n) is 30.2. The van der Waals surface area contributed by atoms with Gasteiger partial charge in [0.05, 0.1) is 25.4 Å². The third-order valence-corrected chi connectivity index (χ3v) is 13.1. The predicted octanol–water partition coefficient (Wildman–Crippen LogP) is 14.2. The number of nitrogens with one attached hydrogen (secondary N) is 1. The van der Waals surface area contributed by atoms with Crippen molar-refractivity contribution in [1.82, 2.24) is 5.32 Å². The fraction of sp³-hybridized carbons (Fsp3) is 0.612. The topological polar surface area (TPSA) is 175 Å². The van der Waals surface area contributed by atoms with Crippen molar-refractivity contribution in [2.75, 3.05) is 13.2 Å². The van der Waals surface area contributed by atoms with Crippen molar-refractivity contribution in [3.63, 3.8) is 0 Å². The summed E-state index contributed by atoms with van der Waals surface area (Å²) in [6.07, 6.45) is 66.0. The molecule has 1 rings (SSSR count). The number of carbonyl (C=O) groups excluding carboxylic acids is 2. The maximum atomic E-state index is 13.4. The number of amides is 1. The quantitative estimate of drug-likeness (QED) is 0.0149. The highest BCUT2D eigenvalue weighted by Gasteiger charge is 2.47. The lowest BCUT2D eigenvalue weighted by molar-refractivity contribution is -0.305. The van der Waals surface area contributed by atoms with Crippen molar-refractivity contribution in [3.8, 4) is 0 Å². The van der Waals surface area contributed by atoms with E-state index in [2.05, 4.69) is 105 Å². The zero-order chi connectivity index (χ0) is 56.8. The van der Waals surface area contributed by atoms with Gasteiger partial charge < -0.3 is 45.1 Å². The second-order valence-electron chi connectivity index (χ2n) is 20.1. The van der Waals surface area contributed by atoms with E-state index in [4.69, 9.17) is 14.2 Å². The Hall–Kier alpha value is -4.46. The summed E-state index contributed by atoms with van der Waals surface area (Å²) >= 11 is 0. The number of aliphatic hydroxyl groups excluding tert-OH is 5. The van der Waals surface area contributed by atoms with Crippen LogP contribution < -0.4 is 5.32 Å². The van der Waals surface area contributed by atoms with Crippen molar-refractivity contribution in [3.05, 3.63) is 146 Å².